The molecule has 0 aromatic heterocycles. The Hall–Kier alpha value is -3.87. The monoisotopic (exact) mass is 447 g/mol. The molecule has 0 unspecified atom stereocenters. The number of halogens is 1. The number of carbonyl (C=O) groups is 2. The molecule has 0 bridgehead atoms. The van der Waals surface area contributed by atoms with Gasteiger partial charge in [0.15, 0.2) is 0 Å². The van der Waals surface area contributed by atoms with E-state index in [1.54, 1.807) is 36.4 Å². The number of nitrogens with two attached hydrogens (primary N) is 1. The Bertz CT molecular complexity index is 1110. The third-order valence-corrected chi connectivity index (χ3v) is 5.80. The van der Waals surface area contributed by atoms with Crippen LogP contribution in [0.25, 0.3) is 0 Å². The zero-order valence-corrected chi connectivity index (χ0v) is 18.2. The number of ether oxygens (including phenoxy) is 1. The summed E-state index contributed by atoms with van der Waals surface area (Å²) in [4.78, 5) is 26.3. The number of hydrogen-bond donors (Lipinski definition) is 2. The van der Waals surface area contributed by atoms with E-state index in [0.717, 1.165) is 37.2 Å². The van der Waals surface area contributed by atoms with Crippen molar-refractivity contribution in [3.05, 3.63) is 89.7 Å². The van der Waals surface area contributed by atoms with Crippen LogP contribution in [0, 0.1) is 11.7 Å². The van der Waals surface area contributed by atoms with Gasteiger partial charge in [0.25, 0.3) is 5.91 Å². The zero-order valence-electron chi connectivity index (χ0n) is 18.2. The van der Waals surface area contributed by atoms with Crippen LogP contribution >= 0.6 is 0 Å². The van der Waals surface area contributed by atoms with Crippen LogP contribution < -0.4 is 20.7 Å². The van der Waals surface area contributed by atoms with Crippen LogP contribution in [0.1, 0.15) is 28.8 Å². The van der Waals surface area contributed by atoms with Crippen molar-refractivity contribution >= 4 is 23.2 Å². The van der Waals surface area contributed by atoms with Crippen LogP contribution in [-0.4, -0.2) is 24.9 Å². The van der Waals surface area contributed by atoms with Gasteiger partial charge in [-0.2, -0.15) is 0 Å². The molecular formula is C26H26FN3O3. The van der Waals surface area contributed by atoms with Crippen molar-refractivity contribution in [3.63, 3.8) is 0 Å². The van der Waals surface area contributed by atoms with Crippen molar-refractivity contribution in [2.45, 2.75) is 19.4 Å². The summed E-state index contributed by atoms with van der Waals surface area (Å²) in [7, 11) is 0. The highest BCUT2D eigenvalue weighted by atomic mass is 19.1. The van der Waals surface area contributed by atoms with Crippen LogP contribution in [0.4, 0.5) is 15.8 Å². The molecule has 1 saturated heterocycles. The molecule has 2 amide bonds. The lowest BCUT2D eigenvalue weighted by Gasteiger charge is -2.32. The Balaban J connectivity index is 1.33. The van der Waals surface area contributed by atoms with E-state index in [2.05, 4.69) is 10.2 Å². The smallest absolute Gasteiger partial charge is 0.255 e. The highest BCUT2D eigenvalue weighted by Crippen LogP contribution is 2.25. The van der Waals surface area contributed by atoms with E-state index in [1.165, 1.54) is 12.1 Å². The van der Waals surface area contributed by atoms with E-state index >= 15 is 0 Å². The number of rotatable bonds is 7. The molecule has 7 heteroatoms. The summed E-state index contributed by atoms with van der Waals surface area (Å²) in [5, 5.41) is 2.90. The van der Waals surface area contributed by atoms with Gasteiger partial charge in [-0.05, 0) is 73.0 Å². The molecular weight excluding hydrogens is 421 g/mol. The van der Waals surface area contributed by atoms with Crippen LogP contribution in [-0.2, 0) is 11.4 Å². The van der Waals surface area contributed by atoms with Gasteiger partial charge in [0.1, 0.15) is 18.2 Å². The molecule has 1 aliphatic heterocycles. The first-order valence-electron chi connectivity index (χ1n) is 10.9. The van der Waals surface area contributed by atoms with Gasteiger partial charge in [-0.3, -0.25) is 9.59 Å². The SMILES string of the molecule is NC(=O)C1CCN(c2ccc(NC(=O)c3cccc(OCc4ccc(F)cc4)c3)cc2)CC1. The zero-order chi connectivity index (χ0) is 23.2. The molecule has 6 nitrogen and oxygen atoms in total. The summed E-state index contributed by atoms with van der Waals surface area (Å²) in [6.07, 6.45) is 1.51. The molecule has 4 rings (SSSR count). The van der Waals surface area contributed by atoms with Gasteiger partial charge >= 0.3 is 0 Å². The number of carbonyl (C=O) groups excluding carboxylic acids is 2. The van der Waals surface area contributed by atoms with Crippen molar-refractivity contribution in [2.24, 2.45) is 11.7 Å². The molecule has 0 atom stereocenters. The molecule has 0 spiro atoms. The minimum atomic E-state index is -0.293. The number of amides is 2. The second-order valence-corrected chi connectivity index (χ2v) is 8.11. The summed E-state index contributed by atoms with van der Waals surface area (Å²) in [6, 6.07) is 20.7. The fourth-order valence-corrected chi connectivity index (χ4v) is 3.86. The van der Waals surface area contributed by atoms with E-state index in [9.17, 15) is 14.0 Å². The Kier molecular flexibility index (Phi) is 6.88. The minimum Gasteiger partial charge on any atom is -0.489 e. The molecule has 33 heavy (non-hydrogen) atoms. The number of piperidine rings is 1. The lowest BCUT2D eigenvalue weighted by molar-refractivity contribution is -0.122. The van der Waals surface area contributed by atoms with Crippen LogP contribution in [0.3, 0.4) is 0 Å². The molecule has 0 radical (unpaired) electrons. The van der Waals surface area contributed by atoms with Gasteiger partial charge in [-0.15, -0.1) is 0 Å². The van der Waals surface area contributed by atoms with Gasteiger partial charge < -0.3 is 20.7 Å². The van der Waals surface area contributed by atoms with Crippen molar-refractivity contribution in [1.82, 2.24) is 0 Å². The minimum absolute atomic E-state index is 0.0461. The van der Waals surface area contributed by atoms with E-state index in [1.807, 2.05) is 24.3 Å². The normalized spacial score (nSPS) is 14.0. The van der Waals surface area contributed by atoms with Gasteiger partial charge in [0.05, 0.1) is 0 Å². The van der Waals surface area contributed by atoms with E-state index < -0.39 is 0 Å². The number of nitrogens with zero attached hydrogens (tertiary/aromatic N) is 1. The first-order chi connectivity index (χ1) is 16.0. The first-order valence-corrected chi connectivity index (χ1v) is 10.9. The molecule has 3 aromatic carbocycles. The van der Waals surface area contributed by atoms with Crippen LogP contribution in [0.5, 0.6) is 5.75 Å². The Labute approximate surface area is 192 Å². The third kappa shape index (κ3) is 5.88. The van der Waals surface area contributed by atoms with E-state index in [0.29, 0.717) is 17.0 Å². The van der Waals surface area contributed by atoms with E-state index in [-0.39, 0.29) is 30.2 Å². The molecule has 0 aliphatic carbocycles. The predicted molar refractivity (Wildman–Crippen MR) is 126 cm³/mol. The Morgan fingerprint density at radius 2 is 1.70 bits per heavy atom. The maximum atomic E-state index is 13.0. The van der Waals surface area contributed by atoms with Crippen LogP contribution in [0.15, 0.2) is 72.8 Å². The molecule has 1 fully saturated rings. The highest BCUT2D eigenvalue weighted by molar-refractivity contribution is 6.04. The summed E-state index contributed by atoms with van der Waals surface area (Å²) in [6.45, 7) is 1.84. The molecule has 3 N–H and O–H groups in total. The van der Waals surface area contributed by atoms with Crippen molar-refractivity contribution in [1.29, 1.82) is 0 Å². The molecule has 3 aromatic rings. The highest BCUT2D eigenvalue weighted by Gasteiger charge is 2.23. The Morgan fingerprint density at radius 3 is 2.36 bits per heavy atom. The first kappa shape index (κ1) is 22.3. The maximum absolute atomic E-state index is 13.0. The van der Waals surface area contributed by atoms with E-state index in [4.69, 9.17) is 10.5 Å². The largest absolute Gasteiger partial charge is 0.489 e. The van der Waals surface area contributed by atoms with Crippen molar-refractivity contribution in [3.8, 4) is 5.75 Å². The van der Waals surface area contributed by atoms with Gasteiger partial charge in [0, 0.05) is 35.9 Å². The number of primary amides is 1. The summed E-state index contributed by atoms with van der Waals surface area (Å²) in [5.41, 5.74) is 8.46. The van der Waals surface area contributed by atoms with Gasteiger partial charge in [-0.1, -0.05) is 18.2 Å². The predicted octanol–water partition coefficient (Wildman–Crippen LogP) is 4.36. The molecule has 1 aliphatic rings. The number of anilines is 2. The summed E-state index contributed by atoms with van der Waals surface area (Å²) < 4.78 is 18.8. The summed E-state index contributed by atoms with van der Waals surface area (Å²) >= 11 is 0. The standard InChI is InChI=1S/C26H26FN3O3/c27-21-6-4-18(5-7-21)17-33-24-3-1-2-20(16-24)26(32)29-22-8-10-23(11-9-22)30-14-12-19(13-15-30)25(28)31/h1-11,16,19H,12-15,17H2,(H2,28,31)(H,29,32). The topological polar surface area (TPSA) is 84.7 Å². The fraction of sp³-hybridized carbons (Fsp3) is 0.231. The number of hydrogen-bond acceptors (Lipinski definition) is 4. The van der Waals surface area contributed by atoms with Gasteiger partial charge in [-0.25, -0.2) is 4.39 Å². The lowest BCUT2D eigenvalue weighted by atomic mass is 9.96. The second-order valence-electron chi connectivity index (χ2n) is 8.11. The molecule has 0 saturated carbocycles. The fourth-order valence-electron chi connectivity index (χ4n) is 3.86. The van der Waals surface area contributed by atoms with Crippen molar-refractivity contribution in [2.75, 3.05) is 23.3 Å². The quantitative estimate of drug-likeness (QED) is 0.564. The number of benzene rings is 3. The maximum Gasteiger partial charge on any atom is 0.255 e. The average molecular weight is 448 g/mol. The third-order valence-electron chi connectivity index (χ3n) is 5.80. The molecule has 170 valence electrons. The average Bonchev–Trinajstić information content (AvgIpc) is 2.84. The lowest BCUT2D eigenvalue weighted by Crippen LogP contribution is -2.38. The van der Waals surface area contributed by atoms with Crippen LogP contribution in [0.2, 0.25) is 0 Å². The van der Waals surface area contributed by atoms with Gasteiger partial charge in [0.2, 0.25) is 5.91 Å². The summed E-state index contributed by atoms with van der Waals surface area (Å²) in [5.74, 6) is -0.245. The molecule has 1 heterocycles. The van der Waals surface area contributed by atoms with Crippen molar-refractivity contribution < 1.29 is 18.7 Å². The number of nitrogens with one attached hydrogen (secondary N) is 1. The Morgan fingerprint density at radius 1 is 1.00 bits per heavy atom. The second kappa shape index (κ2) is 10.2.